The molecule has 3 unspecified atom stereocenters. The number of piperidine rings is 1. The van der Waals surface area contributed by atoms with Gasteiger partial charge in [0, 0.05) is 36.8 Å². The Labute approximate surface area is 125 Å². The molecule has 0 aromatic rings. The Morgan fingerprint density at radius 1 is 1.10 bits per heavy atom. The standard InChI is InChI=1S/C17H33N3/c1-4-17(5-2)13-20(14(3)12-18-17)16-8-10-19-9-6-7-15(19)11-16/h14-16,18H,4-13H2,1-3H3. The van der Waals surface area contributed by atoms with Gasteiger partial charge in [0.1, 0.15) is 0 Å². The fourth-order valence-corrected chi connectivity index (χ4v) is 4.76. The summed E-state index contributed by atoms with van der Waals surface area (Å²) in [6, 6.07) is 2.44. The average molecular weight is 279 g/mol. The summed E-state index contributed by atoms with van der Waals surface area (Å²) in [6.45, 7) is 12.3. The van der Waals surface area contributed by atoms with Crippen LogP contribution in [0.15, 0.2) is 0 Å². The van der Waals surface area contributed by atoms with Gasteiger partial charge in [-0.15, -0.1) is 0 Å². The van der Waals surface area contributed by atoms with Crippen molar-refractivity contribution in [2.24, 2.45) is 0 Å². The smallest absolute Gasteiger partial charge is 0.0304 e. The number of nitrogens with one attached hydrogen (secondary N) is 1. The summed E-state index contributed by atoms with van der Waals surface area (Å²) in [5, 5.41) is 3.85. The summed E-state index contributed by atoms with van der Waals surface area (Å²) in [4.78, 5) is 5.61. The summed E-state index contributed by atoms with van der Waals surface area (Å²) in [6.07, 6.45) is 8.22. The highest BCUT2D eigenvalue weighted by molar-refractivity contribution is 5.00. The van der Waals surface area contributed by atoms with E-state index in [1.807, 2.05) is 0 Å². The lowest BCUT2D eigenvalue weighted by molar-refractivity contribution is 0.00845. The first-order valence-corrected chi connectivity index (χ1v) is 8.92. The van der Waals surface area contributed by atoms with Gasteiger partial charge < -0.3 is 10.2 Å². The minimum absolute atomic E-state index is 0.374. The molecule has 0 aliphatic carbocycles. The van der Waals surface area contributed by atoms with E-state index in [9.17, 15) is 0 Å². The van der Waals surface area contributed by atoms with E-state index in [4.69, 9.17) is 0 Å². The molecule has 3 rings (SSSR count). The van der Waals surface area contributed by atoms with Gasteiger partial charge in [-0.1, -0.05) is 13.8 Å². The molecule has 0 aromatic carbocycles. The molecule has 3 fully saturated rings. The third kappa shape index (κ3) is 2.65. The monoisotopic (exact) mass is 279 g/mol. The number of rotatable bonds is 3. The molecule has 0 aromatic heterocycles. The second kappa shape index (κ2) is 5.94. The fourth-order valence-electron chi connectivity index (χ4n) is 4.76. The van der Waals surface area contributed by atoms with E-state index >= 15 is 0 Å². The van der Waals surface area contributed by atoms with Crippen LogP contribution < -0.4 is 5.32 Å². The molecule has 0 saturated carbocycles. The van der Waals surface area contributed by atoms with Crippen molar-refractivity contribution < 1.29 is 0 Å². The predicted octanol–water partition coefficient (Wildman–Crippen LogP) is 2.47. The SMILES string of the molecule is CCC1(CC)CN(C2CCN3CCCC3C2)C(C)CN1. The molecule has 3 heteroatoms. The van der Waals surface area contributed by atoms with Crippen molar-refractivity contribution in [3.63, 3.8) is 0 Å². The molecule has 20 heavy (non-hydrogen) atoms. The van der Waals surface area contributed by atoms with Gasteiger partial charge in [-0.2, -0.15) is 0 Å². The van der Waals surface area contributed by atoms with E-state index < -0.39 is 0 Å². The Bertz CT molecular complexity index is 326. The Morgan fingerprint density at radius 2 is 1.90 bits per heavy atom. The van der Waals surface area contributed by atoms with Crippen molar-refractivity contribution in [3.05, 3.63) is 0 Å². The van der Waals surface area contributed by atoms with Gasteiger partial charge in [0.2, 0.25) is 0 Å². The third-order valence-electron chi connectivity index (χ3n) is 6.44. The highest BCUT2D eigenvalue weighted by Crippen LogP contribution is 2.33. The maximum Gasteiger partial charge on any atom is 0.0304 e. The number of hydrogen-bond acceptors (Lipinski definition) is 3. The van der Waals surface area contributed by atoms with Crippen LogP contribution >= 0.6 is 0 Å². The van der Waals surface area contributed by atoms with Crippen molar-refractivity contribution >= 4 is 0 Å². The zero-order chi connectivity index (χ0) is 14.2. The Morgan fingerprint density at radius 3 is 2.65 bits per heavy atom. The molecule has 3 aliphatic heterocycles. The molecule has 1 N–H and O–H groups in total. The summed E-state index contributed by atoms with van der Waals surface area (Å²) in [7, 11) is 0. The maximum atomic E-state index is 3.85. The van der Waals surface area contributed by atoms with E-state index in [0.29, 0.717) is 11.6 Å². The zero-order valence-corrected chi connectivity index (χ0v) is 13.7. The molecule has 0 spiro atoms. The molecular weight excluding hydrogens is 246 g/mol. The van der Waals surface area contributed by atoms with Gasteiger partial charge in [-0.25, -0.2) is 0 Å². The quantitative estimate of drug-likeness (QED) is 0.856. The summed E-state index contributed by atoms with van der Waals surface area (Å²) < 4.78 is 0. The number of piperazine rings is 1. The van der Waals surface area contributed by atoms with Crippen molar-refractivity contribution in [1.82, 2.24) is 15.1 Å². The lowest BCUT2D eigenvalue weighted by Crippen LogP contribution is -2.66. The minimum Gasteiger partial charge on any atom is -0.308 e. The lowest BCUT2D eigenvalue weighted by atomic mass is 9.86. The molecule has 3 aliphatic rings. The van der Waals surface area contributed by atoms with Crippen LogP contribution in [-0.2, 0) is 0 Å². The second-order valence-corrected chi connectivity index (χ2v) is 7.40. The first-order chi connectivity index (χ1) is 9.67. The second-order valence-electron chi connectivity index (χ2n) is 7.40. The van der Waals surface area contributed by atoms with Crippen LogP contribution in [0.2, 0.25) is 0 Å². The largest absolute Gasteiger partial charge is 0.308 e. The third-order valence-corrected chi connectivity index (χ3v) is 6.44. The van der Waals surface area contributed by atoms with E-state index in [1.165, 1.54) is 64.7 Å². The Hall–Kier alpha value is -0.120. The van der Waals surface area contributed by atoms with Gasteiger partial charge >= 0.3 is 0 Å². The van der Waals surface area contributed by atoms with Crippen molar-refractivity contribution in [3.8, 4) is 0 Å². The molecule has 0 radical (unpaired) electrons. The van der Waals surface area contributed by atoms with Gasteiger partial charge in [0.25, 0.3) is 0 Å². The van der Waals surface area contributed by atoms with Crippen LogP contribution in [0.1, 0.15) is 59.3 Å². The van der Waals surface area contributed by atoms with Crippen molar-refractivity contribution in [2.45, 2.75) is 83.0 Å². The number of fused-ring (bicyclic) bond motifs is 1. The summed E-state index contributed by atoms with van der Waals surface area (Å²) in [5.41, 5.74) is 0.374. The number of nitrogens with zero attached hydrogens (tertiary/aromatic N) is 2. The Balaban J connectivity index is 1.68. The van der Waals surface area contributed by atoms with E-state index in [-0.39, 0.29) is 0 Å². The molecule has 3 heterocycles. The van der Waals surface area contributed by atoms with Crippen LogP contribution in [0.4, 0.5) is 0 Å². The van der Waals surface area contributed by atoms with Gasteiger partial charge in [-0.05, 0) is 58.5 Å². The van der Waals surface area contributed by atoms with Gasteiger partial charge in [-0.3, -0.25) is 4.90 Å². The fraction of sp³-hybridized carbons (Fsp3) is 1.00. The van der Waals surface area contributed by atoms with Crippen LogP contribution in [0.3, 0.4) is 0 Å². The molecule has 0 bridgehead atoms. The molecule has 3 saturated heterocycles. The van der Waals surface area contributed by atoms with E-state index in [1.54, 1.807) is 0 Å². The minimum atomic E-state index is 0.374. The maximum absolute atomic E-state index is 3.85. The molecule has 0 amide bonds. The predicted molar refractivity (Wildman–Crippen MR) is 85.1 cm³/mol. The highest BCUT2D eigenvalue weighted by Gasteiger charge is 2.41. The zero-order valence-electron chi connectivity index (χ0n) is 13.7. The average Bonchev–Trinajstić information content (AvgIpc) is 2.95. The van der Waals surface area contributed by atoms with Crippen LogP contribution in [0, 0.1) is 0 Å². The first-order valence-electron chi connectivity index (χ1n) is 8.92. The van der Waals surface area contributed by atoms with Gasteiger partial charge in [0.05, 0.1) is 0 Å². The number of hydrogen-bond donors (Lipinski definition) is 1. The topological polar surface area (TPSA) is 18.5 Å². The molecule has 116 valence electrons. The van der Waals surface area contributed by atoms with Crippen LogP contribution in [-0.4, -0.2) is 59.6 Å². The highest BCUT2D eigenvalue weighted by atomic mass is 15.3. The normalized spacial score (nSPS) is 38.9. The van der Waals surface area contributed by atoms with Crippen LogP contribution in [0.5, 0.6) is 0 Å². The van der Waals surface area contributed by atoms with E-state index in [0.717, 1.165) is 12.1 Å². The van der Waals surface area contributed by atoms with Crippen molar-refractivity contribution in [1.29, 1.82) is 0 Å². The lowest BCUT2D eigenvalue weighted by Gasteiger charge is -2.51. The molecule has 3 nitrogen and oxygen atoms in total. The van der Waals surface area contributed by atoms with E-state index in [2.05, 4.69) is 35.9 Å². The van der Waals surface area contributed by atoms with Gasteiger partial charge in [0.15, 0.2) is 0 Å². The van der Waals surface area contributed by atoms with Crippen LogP contribution in [0.25, 0.3) is 0 Å². The summed E-state index contributed by atoms with van der Waals surface area (Å²) in [5.74, 6) is 0. The Kier molecular flexibility index (Phi) is 4.40. The van der Waals surface area contributed by atoms with Crippen molar-refractivity contribution in [2.75, 3.05) is 26.2 Å². The first kappa shape index (κ1) is 14.8. The molecular formula is C17H33N3. The molecule has 3 atom stereocenters. The summed E-state index contributed by atoms with van der Waals surface area (Å²) >= 11 is 0.